The predicted octanol–water partition coefficient (Wildman–Crippen LogP) is 4.26. The van der Waals surface area contributed by atoms with Crippen LogP contribution in [0.25, 0.3) is 0 Å². The number of nitrogens with zero attached hydrogens (tertiary/aromatic N) is 1. The van der Waals surface area contributed by atoms with Crippen LogP contribution in [-0.4, -0.2) is 11.0 Å². The Bertz CT molecular complexity index is 538. The van der Waals surface area contributed by atoms with Gasteiger partial charge in [-0.05, 0) is 52.2 Å². The summed E-state index contributed by atoms with van der Waals surface area (Å²) in [6, 6.07) is 9.33. The van der Waals surface area contributed by atoms with Gasteiger partial charge in [0.1, 0.15) is 0 Å². The first-order valence-corrected chi connectivity index (χ1v) is 7.40. The number of hydrogen-bond acceptors (Lipinski definition) is 2. The fourth-order valence-electron chi connectivity index (χ4n) is 1.86. The average molecular weight is 360 g/mol. The zero-order chi connectivity index (χ0) is 13.8. The maximum Gasteiger partial charge on any atom is 0.0453 e. The maximum absolute atomic E-state index is 6.14. The molecule has 5 heteroatoms. The van der Waals surface area contributed by atoms with E-state index in [0.717, 1.165) is 15.7 Å². The smallest absolute Gasteiger partial charge is 0.0453 e. The SMILES string of the molecule is NC(Cc1ccc(Br)cn1)Cc1c(Cl)cccc1Cl. The fourth-order valence-corrected chi connectivity index (χ4v) is 2.64. The number of aromatic nitrogens is 1. The first-order valence-electron chi connectivity index (χ1n) is 5.85. The average Bonchev–Trinajstić information content (AvgIpc) is 2.37. The molecule has 0 bridgehead atoms. The van der Waals surface area contributed by atoms with Gasteiger partial charge < -0.3 is 5.73 Å². The van der Waals surface area contributed by atoms with Gasteiger partial charge in [-0.2, -0.15) is 0 Å². The molecule has 2 nitrogen and oxygen atoms in total. The van der Waals surface area contributed by atoms with Gasteiger partial charge in [0.05, 0.1) is 0 Å². The van der Waals surface area contributed by atoms with Crippen LogP contribution in [0.1, 0.15) is 11.3 Å². The molecule has 0 aliphatic rings. The lowest BCUT2D eigenvalue weighted by molar-refractivity contribution is 0.654. The molecule has 1 aromatic carbocycles. The van der Waals surface area contributed by atoms with E-state index >= 15 is 0 Å². The molecule has 0 spiro atoms. The van der Waals surface area contributed by atoms with Crippen molar-refractivity contribution in [2.45, 2.75) is 18.9 Å². The normalized spacial score (nSPS) is 12.4. The van der Waals surface area contributed by atoms with E-state index in [-0.39, 0.29) is 6.04 Å². The third kappa shape index (κ3) is 4.18. The van der Waals surface area contributed by atoms with E-state index in [1.165, 1.54) is 0 Å². The molecule has 1 atom stereocenters. The number of pyridine rings is 1. The number of hydrogen-bond donors (Lipinski definition) is 1. The number of nitrogens with two attached hydrogens (primary N) is 1. The Balaban J connectivity index is 2.05. The van der Waals surface area contributed by atoms with E-state index in [9.17, 15) is 0 Å². The molecule has 0 aliphatic heterocycles. The van der Waals surface area contributed by atoms with E-state index in [0.29, 0.717) is 22.9 Å². The minimum atomic E-state index is -0.0638. The van der Waals surface area contributed by atoms with Crippen LogP contribution in [0.3, 0.4) is 0 Å². The van der Waals surface area contributed by atoms with Crippen LogP contribution in [0, 0.1) is 0 Å². The molecule has 0 radical (unpaired) electrons. The summed E-state index contributed by atoms with van der Waals surface area (Å²) >= 11 is 15.6. The maximum atomic E-state index is 6.14. The molecule has 0 amide bonds. The molecule has 0 saturated carbocycles. The number of rotatable bonds is 4. The second-order valence-corrected chi connectivity index (χ2v) is 6.07. The Kier molecular flexibility index (Phi) is 5.22. The van der Waals surface area contributed by atoms with Gasteiger partial charge in [0.2, 0.25) is 0 Å². The lowest BCUT2D eigenvalue weighted by Crippen LogP contribution is -2.26. The first-order chi connectivity index (χ1) is 9.06. The molecule has 2 aromatic rings. The van der Waals surface area contributed by atoms with Crippen molar-refractivity contribution < 1.29 is 0 Å². The quantitative estimate of drug-likeness (QED) is 0.885. The highest BCUT2D eigenvalue weighted by Gasteiger charge is 2.11. The van der Waals surface area contributed by atoms with Gasteiger partial charge >= 0.3 is 0 Å². The Labute approximate surface area is 131 Å². The van der Waals surface area contributed by atoms with Crippen molar-refractivity contribution in [1.82, 2.24) is 4.98 Å². The van der Waals surface area contributed by atoms with Crippen LogP contribution in [0.4, 0.5) is 0 Å². The van der Waals surface area contributed by atoms with Crippen LogP contribution in [0.2, 0.25) is 10.0 Å². The van der Waals surface area contributed by atoms with Crippen molar-refractivity contribution in [1.29, 1.82) is 0 Å². The summed E-state index contributed by atoms with van der Waals surface area (Å²) in [5.74, 6) is 0. The summed E-state index contributed by atoms with van der Waals surface area (Å²) in [4.78, 5) is 4.31. The molecule has 0 aliphatic carbocycles. The van der Waals surface area contributed by atoms with Gasteiger partial charge in [-0.3, -0.25) is 4.98 Å². The molecule has 2 N–H and O–H groups in total. The third-order valence-electron chi connectivity index (χ3n) is 2.79. The molecule has 19 heavy (non-hydrogen) atoms. The lowest BCUT2D eigenvalue weighted by Gasteiger charge is -2.13. The second kappa shape index (κ2) is 6.71. The van der Waals surface area contributed by atoms with Crippen LogP contribution in [-0.2, 0) is 12.8 Å². The summed E-state index contributed by atoms with van der Waals surface area (Å²) in [5, 5.41) is 1.32. The summed E-state index contributed by atoms with van der Waals surface area (Å²) in [6.07, 6.45) is 3.09. The summed E-state index contributed by atoms with van der Waals surface area (Å²) in [6.45, 7) is 0. The summed E-state index contributed by atoms with van der Waals surface area (Å²) < 4.78 is 0.957. The minimum absolute atomic E-state index is 0.0638. The van der Waals surface area contributed by atoms with Crippen molar-refractivity contribution in [2.75, 3.05) is 0 Å². The molecule has 2 rings (SSSR count). The summed E-state index contributed by atoms with van der Waals surface area (Å²) in [5.41, 5.74) is 8.00. The number of halogens is 3. The molecule has 100 valence electrons. The van der Waals surface area contributed by atoms with E-state index in [4.69, 9.17) is 28.9 Å². The third-order valence-corrected chi connectivity index (χ3v) is 3.97. The van der Waals surface area contributed by atoms with Crippen LogP contribution >= 0.6 is 39.1 Å². The standard InChI is InChI=1S/C14H13BrCl2N2/c15-9-4-5-11(19-8-9)6-10(18)7-12-13(16)2-1-3-14(12)17/h1-5,8,10H,6-7,18H2. The first kappa shape index (κ1) is 14.8. The highest BCUT2D eigenvalue weighted by molar-refractivity contribution is 9.10. The van der Waals surface area contributed by atoms with Crippen LogP contribution in [0.5, 0.6) is 0 Å². The van der Waals surface area contributed by atoms with Gasteiger partial charge in [-0.1, -0.05) is 29.3 Å². The van der Waals surface area contributed by atoms with Crippen LogP contribution < -0.4 is 5.73 Å². The van der Waals surface area contributed by atoms with E-state index in [1.54, 1.807) is 6.20 Å². The molecule has 1 aromatic heterocycles. The van der Waals surface area contributed by atoms with Gasteiger partial charge in [-0.25, -0.2) is 0 Å². The molecule has 1 unspecified atom stereocenters. The molecular formula is C14H13BrCl2N2. The molecule has 0 fully saturated rings. The minimum Gasteiger partial charge on any atom is -0.327 e. The van der Waals surface area contributed by atoms with E-state index in [2.05, 4.69) is 20.9 Å². The molecule has 1 heterocycles. The lowest BCUT2D eigenvalue weighted by atomic mass is 10.0. The Morgan fingerprint density at radius 1 is 1.11 bits per heavy atom. The van der Waals surface area contributed by atoms with Crippen LogP contribution in [0.15, 0.2) is 41.0 Å². The van der Waals surface area contributed by atoms with Gasteiger partial charge in [-0.15, -0.1) is 0 Å². The Morgan fingerprint density at radius 2 is 1.79 bits per heavy atom. The fraction of sp³-hybridized carbons (Fsp3) is 0.214. The summed E-state index contributed by atoms with van der Waals surface area (Å²) in [7, 11) is 0. The van der Waals surface area contributed by atoms with Crippen molar-refractivity contribution in [3.05, 3.63) is 62.3 Å². The van der Waals surface area contributed by atoms with Gasteiger partial charge in [0.25, 0.3) is 0 Å². The predicted molar refractivity (Wildman–Crippen MR) is 83.8 cm³/mol. The van der Waals surface area contributed by atoms with Crippen molar-refractivity contribution in [3.63, 3.8) is 0 Å². The number of benzene rings is 1. The zero-order valence-electron chi connectivity index (χ0n) is 10.1. The highest BCUT2D eigenvalue weighted by Crippen LogP contribution is 2.25. The Hall–Kier alpha value is -0.610. The highest BCUT2D eigenvalue weighted by atomic mass is 79.9. The monoisotopic (exact) mass is 358 g/mol. The zero-order valence-corrected chi connectivity index (χ0v) is 13.2. The van der Waals surface area contributed by atoms with Gasteiger partial charge in [0.15, 0.2) is 0 Å². The van der Waals surface area contributed by atoms with Gasteiger partial charge in [0, 0.05) is 38.9 Å². The largest absolute Gasteiger partial charge is 0.327 e. The van der Waals surface area contributed by atoms with Crippen molar-refractivity contribution in [2.24, 2.45) is 5.73 Å². The van der Waals surface area contributed by atoms with Crippen molar-refractivity contribution in [3.8, 4) is 0 Å². The Morgan fingerprint density at radius 3 is 2.37 bits per heavy atom. The van der Waals surface area contributed by atoms with Crippen molar-refractivity contribution >= 4 is 39.1 Å². The van der Waals surface area contributed by atoms with E-state index in [1.807, 2.05) is 30.3 Å². The van der Waals surface area contributed by atoms with E-state index < -0.39 is 0 Å². The molecule has 0 saturated heterocycles. The molecular weight excluding hydrogens is 347 g/mol. The second-order valence-electron chi connectivity index (χ2n) is 4.34. The topological polar surface area (TPSA) is 38.9 Å².